The van der Waals surface area contributed by atoms with Gasteiger partial charge in [-0.2, -0.15) is 0 Å². The Balaban J connectivity index is 1.60. The monoisotopic (exact) mass is 373 g/mol. The normalized spacial score (nSPS) is 10.3. The molecule has 0 aliphatic heterocycles. The zero-order valence-electron chi connectivity index (χ0n) is 15.9. The average Bonchev–Trinajstić information content (AvgIpc) is 2.74. The predicted octanol–water partition coefficient (Wildman–Crippen LogP) is 5.35. The molecule has 0 atom stereocenters. The van der Waals surface area contributed by atoms with Crippen LogP contribution >= 0.6 is 0 Å². The van der Waals surface area contributed by atoms with Gasteiger partial charge in [0.2, 0.25) is 5.91 Å². The van der Waals surface area contributed by atoms with Crippen molar-refractivity contribution in [2.75, 3.05) is 11.9 Å². The summed E-state index contributed by atoms with van der Waals surface area (Å²) in [5, 5.41) is 2.93. The van der Waals surface area contributed by atoms with Gasteiger partial charge in [-0.15, -0.1) is 0 Å². The van der Waals surface area contributed by atoms with Crippen molar-refractivity contribution in [3.8, 4) is 16.9 Å². The molecule has 0 saturated heterocycles. The Labute approximate surface area is 165 Å². The van der Waals surface area contributed by atoms with Gasteiger partial charge in [-0.3, -0.25) is 9.59 Å². The van der Waals surface area contributed by atoms with Crippen molar-refractivity contribution in [3.63, 3.8) is 0 Å². The van der Waals surface area contributed by atoms with E-state index in [1.165, 1.54) is 0 Å². The summed E-state index contributed by atoms with van der Waals surface area (Å²) in [6.45, 7) is 2.49. The number of hydrogen-bond acceptors (Lipinski definition) is 3. The van der Waals surface area contributed by atoms with Crippen molar-refractivity contribution in [3.05, 3.63) is 84.4 Å². The van der Waals surface area contributed by atoms with Crippen molar-refractivity contribution in [1.29, 1.82) is 0 Å². The molecule has 0 bridgehead atoms. The molecule has 1 amide bonds. The van der Waals surface area contributed by atoms with E-state index >= 15 is 0 Å². The molecule has 0 fully saturated rings. The van der Waals surface area contributed by atoms with Crippen LogP contribution in [0.25, 0.3) is 11.1 Å². The molecule has 3 aromatic carbocycles. The van der Waals surface area contributed by atoms with Crippen LogP contribution in [0.15, 0.2) is 78.9 Å². The van der Waals surface area contributed by atoms with E-state index < -0.39 is 0 Å². The summed E-state index contributed by atoms with van der Waals surface area (Å²) in [5.74, 6) is 0.492. The van der Waals surface area contributed by atoms with Gasteiger partial charge >= 0.3 is 0 Å². The largest absolute Gasteiger partial charge is 0.494 e. The molecule has 0 unspecified atom stereocenters. The first-order valence-electron chi connectivity index (χ1n) is 9.37. The Morgan fingerprint density at radius 2 is 1.50 bits per heavy atom. The van der Waals surface area contributed by atoms with E-state index in [0.29, 0.717) is 12.2 Å². The molecular weight excluding hydrogens is 350 g/mol. The van der Waals surface area contributed by atoms with Gasteiger partial charge in [0.1, 0.15) is 5.75 Å². The summed E-state index contributed by atoms with van der Waals surface area (Å²) in [6.07, 6.45) is 0.294. The van der Waals surface area contributed by atoms with Crippen LogP contribution in [0.4, 0.5) is 5.69 Å². The summed E-state index contributed by atoms with van der Waals surface area (Å²) in [5.41, 5.74) is 3.31. The van der Waals surface area contributed by atoms with E-state index in [1.807, 2.05) is 61.5 Å². The molecule has 28 heavy (non-hydrogen) atoms. The standard InChI is InChI=1S/C24H23NO3/c1-2-28-20-14-12-19(13-15-20)23(26)16-17-24(27)25-22-11-7-6-10-21(22)18-8-4-3-5-9-18/h3-15H,2,16-17H2,1H3,(H,25,27). The van der Waals surface area contributed by atoms with Crippen LogP contribution in [0.5, 0.6) is 5.75 Å². The number of anilines is 1. The maximum absolute atomic E-state index is 12.4. The van der Waals surface area contributed by atoms with Crippen molar-refractivity contribution in [2.24, 2.45) is 0 Å². The fourth-order valence-corrected chi connectivity index (χ4v) is 2.95. The highest BCUT2D eigenvalue weighted by Crippen LogP contribution is 2.27. The number of ether oxygens (including phenoxy) is 1. The van der Waals surface area contributed by atoms with Gasteiger partial charge < -0.3 is 10.1 Å². The van der Waals surface area contributed by atoms with Gasteiger partial charge in [0.15, 0.2) is 5.78 Å². The lowest BCUT2D eigenvalue weighted by molar-refractivity contribution is -0.116. The van der Waals surface area contributed by atoms with E-state index in [2.05, 4.69) is 5.32 Å². The van der Waals surface area contributed by atoms with Crippen molar-refractivity contribution in [1.82, 2.24) is 0 Å². The van der Waals surface area contributed by atoms with E-state index in [-0.39, 0.29) is 24.5 Å². The SMILES string of the molecule is CCOc1ccc(C(=O)CCC(=O)Nc2ccccc2-c2ccccc2)cc1. The highest BCUT2D eigenvalue weighted by Gasteiger charge is 2.12. The molecular formula is C24H23NO3. The second-order valence-corrected chi connectivity index (χ2v) is 6.34. The third-order valence-electron chi connectivity index (χ3n) is 4.35. The van der Waals surface area contributed by atoms with Crippen LogP contribution in [0, 0.1) is 0 Å². The number of carbonyl (C=O) groups excluding carboxylic acids is 2. The quantitative estimate of drug-likeness (QED) is 0.541. The number of benzene rings is 3. The number of hydrogen-bond donors (Lipinski definition) is 1. The molecule has 0 aliphatic rings. The Morgan fingerprint density at radius 3 is 2.21 bits per heavy atom. The second kappa shape index (κ2) is 9.51. The highest BCUT2D eigenvalue weighted by atomic mass is 16.5. The maximum atomic E-state index is 12.4. The molecule has 1 N–H and O–H groups in total. The van der Waals surface area contributed by atoms with Gasteiger partial charge in [0.25, 0.3) is 0 Å². The third kappa shape index (κ3) is 5.07. The van der Waals surface area contributed by atoms with Crippen LogP contribution in [-0.2, 0) is 4.79 Å². The molecule has 0 aliphatic carbocycles. The highest BCUT2D eigenvalue weighted by molar-refractivity contribution is 6.01. The topological polar surface area (TPSA) is 55.4 Å². The summed E-state index contributed by atoms with van der Waals surface area (Å²) in [6, 6.07) is 24.5. The van der Waals surface area contributed by atoms with Crippen LogP contribution in [0.1, 0.15) is 30.1 Å². The zero-order chi connectivity index (χ0) is 19.8. The van der Waals surface area contributed by atoms with Crippen molar-refractivity contribution >= 4 is 17.4 Å². The minimum atomic E-state index is -0.178. The smallest absolute Gasteiger partial charge is 0.224 e. The van der Waals surface area contributed by atoms with Crippen LogP contribution < -0.4 is 10.1 Å². The fourth-order valence-electron chi connectivity index (χ4n) is 2.95. The Morgan fingerprint density at radius 1 is 0.821 bits per heavy atom. The fraction of sp³-hybridized carbons (Fsp3) is 0.167. The number of carbonyl (C=O) groups is 2. The molecule has 142 valence electrons. The van der Waals surface area contributed by atoms with Crippen LogP contribution in [0.3, 0.4) is 0 Å². The number of rotatable bonds is 8. The minimum absolute atomic E-state index is 0.0606. The predicted molar refractivity (Wildman–Crippen MR) is 112 cm³/mol. The lowest BCUT2D eigenvalue weighted by Crippen LogP contribution is -2.14. The number of nitrogens with one attached hydrogen (secondary N) is 1. The second-order valence-electron chi connectivity index (χ2n) is 6.34. The lowest BCUT2D eigenvalue weighted by Gasteiger charge is -2.11. The van der Waals surface area contributed by atoms with Gasteiger partial charge in [-0.05, 0) is 42.8 Å². The Bertz CT molecular complexity index is 934. The minimum Gasteiger partial charge on any atom is -0.494 e. The average molecular weight is 373 g/mol. The van der Waals surface area contributed by atoms with Gasteiger partial charge in [-0.25, -0.2) is 0 Å². The number of para-hydroxylation sites is 1. The Hall–Kier alpha value is -3.40. The van der Waals surface area contributed by atoms with Crippen LogP contribution in [-0.4, -0.2) is 18.3 Å². The molecule has 3 rings (SSSR count). The van der Waals surface area contributed by atoms with Gasteiger partial charge in [0, 0.05) is 29.7 Å². The van der Waals surface area contributed by atoms with Crippen LogP contribution in [0.2, 0.25) is 0 Å². The molecule has 4 nitrogen and oxygen atoms in total. The van der Waals surface area contributed by atoms with E-state index in [0.717, 1.165) is 22.6 Å². The first kappa shape index (κ1) is 19.4. The molecule has 4 heteroatoms. The number of ketones is 1. The van der Waals surface area contributed by atoms with Gasteiger partial charge in [-0.1, -0.05) is 48.5 Å². The molecule has 0 radical (unpaired) electrons. The molecule has 0 saturated carbocycles. The summed E-state index contributed by atoms with van der Waals surface area (Å²) in [4.78, 5) is 24.7. The van der Waals surface area contributed by atoms with E-state index in [9.17, 15) is 9.59 Å². The molecule has 0 spiro atoms. The Kier molecular flexibility index (Phi) is 6.58. The first-order valence-corrected chi connectivity index (χ1v) is 9.37. The number of Topliss-reactive ketones (excluding diaryl/α,β-unsaturated/α-hetero) is 1. The zero-order valence-corrected chi connectivity index (χ0v) is 15.9. The van der Waals surface area contributed by atoms with Crippen molar-refractivity contribution in [2.45, 2.75) is 19.8 Å². The number of amides is 1. The van der Waals surface area contributed by atoms with E-state index in [4.69, 9.17) is 4.74 Å². The molecule has 3 aromatic rings. The lowest BCUT2D eigenvalue weighted by atomic mass is 10.0. The summed E-state index contributed by atoms with van der Waals surface area (Å²) >= 11 is 0. The third-order valence-corrected chi connectivity index (χ3v) is 4.35. The maximum Gasteiger partial charge on any atom is 0.224 e. The first-order chi connectivity index (χ1) is 13.7. The van der Waals surface area contributed by atoms with Crippen molar-refractivity contribution < 1.29 is 14.3 Å². The van der Waals surface area contributed by atoms with E-state index in [1.54, 1.807) is 24.3 Å². The molecule has 0 heterocycles. The summed E-state index contributed by atoms with van der Waals surface area (Å²) < 4.78 is 5.38. The summed E-state index contributed by atoms with van der Waals surface area (Å²) in [7, 11) is 0. The van der Waals surface area contributed by atoms with Gasteiger partial charge in [0.05, 0.1) is 6.61 Å². The molecule has 0 aromatic heterocycles.